The van der Waals surface area contributed by atoms with Crippen LogP contribution in [0.2, 0.25) is 0 Å². The Kier molecular flexibility index (Phi) is 3.35. The number of aliphatic hydroxyl groups is 1. The van der Waals surface area contributed by atoms with Gasteiger partial charge in [-0.15, -0.1) is 0 Å². The van der Waals surface area contributed by atoms with E-state index in [1.54, 1.807) is 0 Å². The van der Waals surface area contributed by atoms with Crippen LogP contribution in [0, 0.1) is 34.5 Å². The molecule has 0 aromatic carbocycles. The summed E-state index contributed by atoms with van der Waals surface area (Å²) in [6, 6.07) is 0. The molecule has 2 nitrogen and oxygen atoms in total. The third kappa shape index (κ3) is 1.79. The molecule has 1 unspecified atom stereocenters. The summed E-state index contributed by atoms with van der Waals surface area (Å²) < 4.78 is 0. The lowest BCUT2D eigenvalue weighted by molar-refractivity contribution is -0.123. The van der Waals surface area contributed by atoms with Crippen molar-refractivity contribution in [3.05, 3.63) is 11.6 Å². The maximum Gasteiger partial charge on any atom is 0.155 e. The molecule has 122 valence electrons. The van der Waals surface area contributed by atoms with Crippen LogP contribution in [0.15, 0.2) is 11.6 Å². The lowest BCUT2D eigenvalue weighted by atomic mass is 9.45. The third-order valence-corrected chi connectivity index (χ3v) is 8.21. The highest BCUT2D eigenvalue weighted by atomic mass is 16.3. The molecule has 0 heterocycles. The summed E-state index contributed by atoms with van der Waals surface area (Å²) in [6.45, 7) is 4.98. The minimum Gasteiger partial charge on any atom is -0.395 e. The molecule has 0 bridgehead atoms. The second-order valence-electron chi connectivity index (χ2n) is 8.94. The Hall–Kier alpha value is -0.630. The van der Waals surface area contributed by atoms with Crippen LogP contribution in [0.3, 0.4) is 0 Å². The topological polar surface area (TPSA) is 37.3 Å². The predicted octanol–water partition coefficient (Wildman–Crippen LogP) is 4.13. The number of carbonyl (C=O) groups excluding carboxylic acids is 1. The summed E-state index contributed by atoms with van der Waals surface area (Å²) in [5.74, 6) is 2.84. The zero-order valence-corrected chi connectivity index (χ0v) is 14.1. The van der Waals surface area contributed by atoms with Crippen molar-refractivity contribution in [2.75, 3.05) is 6.61 Å². The van der Waals surface area contributed by atoms with Crippen LogP contribution in [-0.4, -0.2) is 17.5 Å². The van der Waals surface area contributed by atoms with E-state index in [2.05, 4.69) is 13.8 Å². The lowest BCUT2D eigenvalue weighted by Gasteiger charge is -2.59. The second-order valence-corrected chi connectivity index (χ2v) is 8.94. The molecule has 0 saturated heterocycles. The van der Waals surface area contributed by atoms with Gasteiger partial charge in [0.2, 0.25) is 0 Å². The summed E-state index contributed by atoms with van der Waals surface area (Å²) in [6.07, 6.45) is 11.6. The maximum absolute atomic E-state index is 12.0. The van der Waals surface area contributed by atoms with Gasteiger partial charge in [0.05, 0.1) is 6.61 Å². The van der Waals surface area contributed by atoms with Gasteiger partial charge >= 0.3 is 0 Å². The molecule has 4 aliphatic rings. The zero-order chi connectivity index (χ0) is 15.5. The van der Waals surface area contributed by atoms with E-state index in [0.717, 1.165) is 18.3 Å². The van der Waals surface area contributed by atoms with Crippen molar-refractivity contribution in [1.82, 2.24) is 0 Å². The van der Waals surface area contributed by atoms with E-state index in [9.17, 15) is 9.90 Å². The number of carbonyl (C=O) groups is 1. The molecule has 2 heteroatoms. The van der Waals surface area contributed by atoms with E-state index in [4.69, 9.17) is 0 Å². The van der Waals surface area contributed by atoms with Crippen molar-refractivity contribution in [2.24, 2.45) is 34.5 Å². The number of rotatable bonds is 1. The van der Waals surface area contributed by atoms with Crippen molar-refractivity contribution in [3.8, 4) is 0 Å². The predicted molar refractivity (Wildman–Crippen MR) is 87.3 cm³/mol. The normalized spacial score (nSPS) is 50.9. The van der Waals surface area contributed by atoms with Crippen LogP contribution in [0.1, 0.15) is 65.2 Å². The fraction of sp³-hybridized carbons (Fsp3) is 0.850. The fourth-order valence-electron chi connectivity index (χ4n) is 7.12. The van der Waals surface area contributed by atoms with E-state index in [-0.39, 0.29) is 17.8 Å². The summed E-state index contributed by atoms with van der Waals surface area (Å²) in [7, 11) is 0. The molecule has 0 aromatic heterocycles. The molecule has 22 heavy (non-hydrogen) atoms. The quantitative estimate of drug-likeness (QED) is 0.791. The first-order chi connectivity index (χ1) is 10.5. The molecule has 6 atom stereocenters. The molecule has 0 amide bonds. The summed E-state index contributed by atoms with van der Waals surface area (Å²) in [5.41, 5.74) is 1.77. The van der Waals surface area contributed by atoms with Crippen molar-refractivity contribution < 1.29 is 9.90 Å². The molecule has 0 aliphatic heterocycles. The van der Waals surface area contributed by atoms with Crippen LogP contribution in [-0.2, 0) is 4.79 Å². The molecule has 3 fully saturated rings. The van der Waals surface area contributed by atoms with Gasteiger partial charge in [-0.3, -0.25) is 4.79 Å². The minimum absolute atomic E-state index is 0.0826. The Morgan fingerprint density at radius 2 is 2.05 bits per heavy atom. The Morgan fingerprint density at radius 3 is 2.82 bits per heavy atom. The number of aliphatic hydroxyl groups excluding tert-OH is 1. The largest absolute Gasteiger partial charge is 0.395 e. The molecule has 0 radical (unpaired) electrons. The SMILES string of the molecule is CC1CC(=O)C=C2CC[C@@H]3[C@@H](CC[C@]4(C)CCC[C@@H]34)[C@]21CO. The first-order valence-electron chi connectivity index (χ1n) is 9.36. The van der Waals surface area contributed by atoms with Crippen molar-refractivity contribution in [3.63, 3.8) is 0 Å². The summed E-state index contributed by atoms with van der Waals surface area (Å²) >= 11 is 0. The Morgan fingerprint density at radius 1 is 1.23 bits per heavy atom. The van der Waals surface area contributed by atoms with Gasteiger partial charge < -0.3 is 5.11 Å². The molecule has 4 rings (SSSR count). The highest BCUT2D eigenvalue weighted by Crippen LogP contribution is 2.66. The van der Waals surface area contributed by atoms with Crippen LogP contribution in [0.4, 0.5) is 0 Å². The average Bonchev–Trinajstić information content (AvgIpc) is 2.88. The Bertz CT molecular complexity index is 522. The fourth-order valence-corrected chi connectivity index (χ4v) is 7.12. The van der Waals surface area contributed by atoms with Crippen LogP contribution in [0.25, 0.3) is 0 Å². The van der Waals surface area contributed by atoms with Crippen LogP contribution >= 0.6 is 0 Å². The lowest BCUT2D eigenvalue weighted by Crippen LogP contribution is -2.55. The van der Waals surface area contributed by atoms with Crippen LogP contribution < -0.4 is 0 Å². The van der Waals surface area contributed by atoms with E-state index in [0.29, 0.717) is 23.7 Å². The van der Waals surface area contributed by atoms with E-state index < -0.39 is 0 Å². The van der Waals surface area contributed by atoms with Gasteiger partial charge in [0.25, 0.3) is 0 Å². The molecule has 0 aromatic rings. The summed E-state index contributed by atoms with van der Waals surface area (Å²) in [4.78, 5) is 12.0. The molecule has 3 saturated carbocycles. The van der Waals surface area contributed by atoms with Gasteiger partial charge in [0.1, 0.15) is 0 Å². The minimum atomic E-state index is -0.0826. The first kappa shape index (κ1) is 14.9. The van der Waals surface area contributed by atoms with E-state index >= 15 is 0 Å². The molecule has 4 aliphatic carbocycles. The van der Waals surface area contributed by atoms with Gasteiger partial charge in [0, 0.05) is 11.8 Å². The highest BCUT2D eigenvalue weighted by molar-refractivity contribution is 5.92. The number of ketones is 1. The van der Waals surface area contributed by atoms with Gasteiger partial charge in [-0.1, -0.05) is 25.8 Å². The van der Waals surface area contributed by atoms with Crippen LogP contribution in [0.5, 0.6) is 0 Å². The van der Waals surface area contributed by atoms with Gasteiger partial charge in [-0.05, 0) is 73.7 Å². The van der Waals surface area contributed by atoms with Crippen molar-refractivity contribution in [2.45, 2.75) is 65.2 Å². The van der Waals surface area contributed by atoms with Crippen molar-refractivity contribution >= 4 is 5.78 Å². The van der Waals surface area contributed by atoms with Crippen molar-refractivity contribution in [1.29, 1.82) is 0 Å². The summed E-state index contributed by atoms with van der Waals surface area (Å²) in [5, 5.41) is 10.4. The third-order valence-electron chi connectivity index (χ3n) is 8.21. The monoisotopic (exact) mass is 302 g/mol. The maximum atomic E-state index is 12.0. The van der Waals surface area contributed by atoms with Gasteiger partial charge in [-0.2, -0.15) is 0 Å². The van der Waals surface area contributed by atoms with E-state index in [1.165, 1.54) is 44.1 Å². The van der Waals surface area contributed by atoms with E-state index in [1.807, 2.05) is 6.08 Å². The second kappa shape index (κ2) is 4.93. The molecular formula is C20H30O2. The number of hydrogen-bond donors (Lipinski definition) is 1. The standard InChI is InChI=1S/C20H30O2/c1-13-10-15(22)11-14-5-6-16-17-4-3-8-19(17,2)9-7-18(16)20(13,14)12-21/h11,13,16-18,21H,3-10,12H2,1-2H3/t13?,16-,17-,18+,19-,20-/m0/s1. The molecule has 1 N–H and O–H groups in total. The molecular weight excluding hydrogens is 272 g/mol. The highest BCUT2D eigenvalue weighted by Gasteiger charge is 2.59. The van der Waals surface area contributed by atoms with Gasteiger partial charge in [0.15, 0.2) is 5.78 Å². The smallest absolute Gasteiger partial charge is 0.155 e. The molecule has 0 spiro atoms. The average molecular weight is 302 g/mol. The number of hydrogen-bond acceptors (Lipinski definition) is 2. The number of fused-ring (bicyclic) bond motifs is 5. The zero-order valence-electron chi connectivity index (χ0n) is 14.1. The van der Waals surface area contributed by atoms with Gasteiger partial charge in [-0.25, -0.2) is 0 Å². The Labute approximate surface area is 134 Å². The Balaban J connectivity index is 1.76. The first-order valence-corrected chi connectivity index (χ1v) is 9.36.